The van der Waals surface area contributed by atoms with Crippen LogP contribution in [0.2, 0.25) is 0 Å². The quantitative estimate of drug-likeness (QED) is 0.296. The third-order valence-corrected chi connectivity index (χ3v) is 61.8. The van der Waals surface area contributed by atoms with E-state index in [9.17, 15) is 0 Å². The van der Waals surface area contributed by atoms with Gasteiger partial charge in [-0.2, -0.15) is 0 Å². The van der Waals surface area contributed by atoms with Crippen LogP contribution in [0.25, 0.3) is 0 Å². The van der Waals surface area contributed by atoms with E-state index in [4.69, 9.17) is 0 Å². The van der Waals surface area contributed by atoms with Gasteiger partial charge in [0.2, 0.25) is 0 Å². The van der Waals surface area contributed by atoms with Gasteiger partial charge in [0, 0.05) is 0 Å². The highest BCUT2D eigenvalue weighted by molar-refractivity contribution is 6.17. The summed E-state index contributed by atoms with van der Waals surface area (Å²) in [6, 6.07) is 0. The molecule has 320 valence electrons. The highest BCUT2D eigenvalue weighted by atomic mass is 15.7. The molecule has 0 nitrogen and oxygen atoms in total. The Hall–Kier alpha value is 0. The van der Waals surface area contributed by atoms with E-state index in [0.29, 0.717) is 0 Å². The fourth-order valence-corrected chi connectivity index (χ4v) is 79.4. The van der Waals surface area contributed by atoms with Gasteiger partial charge in [-0.1, -0.05) is 0 Å². The van der Waals surface area contributed by atoms with Crippen LogP contribution in [0.5, 0.6) is 0 Å². The Bertz CT molecular complexity index is 5030. The maximum Gasteiger partial charge on any atom is -0.000715 e. The first-order chi connectivity index (χ1) is 34.8. The topological polar surface area (TPSA) is 0 Å². The smallest absolute Gasteiger partial charge is 0.000715 e. The van der Waals surface area contributed by atoms with Gasteiger partial charge in [0.1, 0.15) is 0 Å². The van der Waals surface area contributed by atoms with E-state index in [1.807, 2.05) is 32.1 Å². The van der Waals surface area contributed by atoms with Crippen LogP contribution in [0, 0.1) is 367 Å². The molecule has 51 aliphatic carbocycles. The number of fused-ring (bicyclic) bond motifs is 22. The lowest BCUT2D eigenvalue weighted by Crippen LogP contribution is -3.68. The monoisotopic (exact) mass is 880 g/mol. The molecule has 0 aliphatic heterocycles. The average molecular weight is 881 g/mol. The van der Waals surface area contributed by atoms with Gasteiger partial charge in [0.25, 0.3) is 0 Å². The van der Waals surface area contributed by atoms with Crippen LogP contribution in [0.1, 0.15) is 32.1 Å². The Morgan fingerprint density at radius 2 is 0.571 bits per heavy atom. The lowest BCUT2D eigenvalue weighted by molar-refractivity contribution is -1.25. The van der Waals surface area contributed by atoms with Gasteiger partial charge in [-0.3, -0.25) is 0 Å². The van der Waals surface area contributed by atoms with Gasteiger partial charge in [-0.25, -0.2) is 0 Å². The molecule has 0 aromatic heterocycles. The van der Waals surface area contributed by atoms with Crippen molar-refractivity contribution in [2.45, 2.75) is 32.1 Å². The van der Waals surface area contributed by atoms with E-state index in [-0.39, 0.29) is 0 Å². The second-order valence-electron chi connectivity index (χ2n) is 45.9. The van der Waals surface area contributed by atoms with Crippen molar-refractivity contribution >= 4 is 0 Å². The molecule has 35 spiro atoms. The average Bonchev–Trinajstić information content (AvgIpc) is 0.805. The summed E-state index contributed by atoms with van der Waals surface area (Å²) in [7, 11) is 0. The largest absolute Gasteiger partial charge is 0.0464 e. The zero-order valence-electron chi connectivity index (χ0n) is 38.4. The zero-order valence-corrected chi connectivity index (χ0v) is 38.4. The van der Waals surface area contributed by atoms with E-state index in [1.165, 1.54) is 178 Å². The summed E-state index contributed by atoms with van der Waals surface area (Å²) in [6.07, 6.45) is 9.40. The van der Waals surface area contributed by atoms with Crippen molar-refractivity contribution in [2.75, 3.05) is 0 Å². The van der Waals surface area contributed by atoms with E-state index < -0.39 is 0 Å². The van der Waals surface area contributed by atoms with Crippen molar-refractivity contribution in [2.24, 2.45) is 367 Å². The summed E-state index contributed by atoms with van der Waals surface area (Å²) in [5.74, 6) is 42.4. The maximum atomic E-state index is 1.95. The number of hydrogen-bond acceptors (Lipinski definition) is 0. The molecule has 0 bridgehead atoms. The van der Waals surface area contributed by atoms with Crippen molar-refractivity contribution < 1.29 is 0 Å². The second kappa shape index (κ2) is 3.43. The predicted octanol–water partition coefficient (Wildman–Crippen LogP) is 5.64. The third kappa shape index (κ3) is 0.485. The van der Waals surface area contributed by atoms with Crippen LogP contribution >= 0.6 is 0 Å². The fraction of sp³-hybridized carbons (Fsp3) is 1.00. The van der Waals surface area contributed by atoms with Gasteiger partial charge < -0.3 is 0 Å². The van der Waals surface area contributed by atoms with Gasteiger partial charge in [0.05, 0.1) is 0 Å². The molecule has 51 fully saturated rings. The molecule has 51 aliphatic rings. The first-order valence-corrected chi connectivity index (χ1v) is 34.8. The van der Waals surface area contributed by atoms with Crippen molar-refractivity contribution in [1.82, 2.24) is 0 Å². The van der Waals surface area contributed by atoms with Gasteiger partial charge in [-0.05, 0) is 399 Å². The van der Waals surface area contributed by atoms with E-state index >= 15 is 0 Å². The molecular weight excluding hydrogens is 841 g/mol. The molecular formula is C70H40. The van der Waals surface area contributed by atoms with Crippen molar-refractivity contribution in [3.63, 3.8) is 0 Å². The molecule has 0 radical (unpaired) electrons. The van der Waals surface area contributed by atoms with Crippen molar-refractivity contribution in [3.8, 4) is 0 Å². The van der Waals surface area contributed by atoms with Crippen LogP contribution in [0.15, 0.2) is 0 Å². The van der Waals surface area contributed by atoms with Crippen LogP contribution < -0.4 is 0 Å². The van der Waals surface area contributed by atoms with Crippen LogP contribution in [-0.4, -0.2) is 0 Å². The van der Waals surface area contributed by atoms with E-state index in [1.54, 1.807) is 0 Å². The first kappa shape index (κ1) is 23.1. The minimum absolute atomic E-state index is 1.06. The van der Waals surface area contributed by atoms with Gasteiger partial charge in [0.15, 0.2) is 0 Å². The molecule has 0 heterocycles. The Balaban J connectivity index is 0.665. The Labute approximate surface area is 397 Å². The Kier molecular flexibility index (Phi) is 1.13. The van der Waals surface area contributed by atoms with Crippen LogP contribution in [-0.2, 0) is 0 Å². The first-order valence-electron chi connectivity index (χ1n) is 34.8. The Morgan fingerprint density at radius 1 is 0.214 bits per heavy atom. The molecule has 65 unspecified atom stereocenters. The lowest BCUT2D eigenvalue weighted by Gasteiger charge is -3.69. The lowest BCUT2D eigenvalue weighted by atomic mass is 8.33. The second-order valence-corrected chi connectivity index (χ2v) is 45.9. The predicted molar refractivity (Wildman–Crippen MR) is 213 cm³/mol. The van der Waals surface area contributed by atoms with E-state index in [0.717, 1.165) is 190 Å². The molecule has 0 heteroatoms. The molecule has 51 rings (SSSR count). The highest BCUT2D eigenvalue weighted by Gasteiger charge is 3.73. The normalized spacial score (nSPS) is 144. The van der Waals surface area contributed by atoms with Crippen LogP contribution in [0.3, 0.4) is 0 Å². The zero-order chi connectivity index (χ0) is 38.4. The Morgan fingerprint density at radius 3 is 1.10 bits per heavy atom. The van der Waals surface area contributed by atoms with Gasteiger partial charge >= 0.3 is 0 Å². The van der Waals surface area contributed by atoms with Crippen molar-refractivity contribution in [3.05, 3.63) is 0 Å². The molecule has 0 N–H and O–H groups in total. The van der Waals surface area contributed by atoms with E-state index in [2.05, 4.69) is 0 Å². The standard InChI is InChI=1S/C70H40/c1-6-2-10-16-20-24-28-32-33-31-27-23-19-15-9-3-7-4-11-34-37(7,9)41(15)45(19)49(23)53(27)57(31)59(33)58(32)54(28)50(24)46(20)42(16)38(6,10)35-14-8(1)13-18-22-26-30-29-25-21-17-12-5-36(11)40(12)44(17)48(21)52(25)56(29)55(30)51(26)47(22)43(18)39(13,14)61(35,42)63(43,46)65(47,50)67(51,54)69(55,58)70(56,59)68(52,57)66(48,53)64(44,49)62(40,45)60(34,36)41/h6-35H,1-5H2. The summed E-state index contributed by atoms with van der Waals surface area (Å²) in [4.78, 5) is 0. The molecule has 0 amide bonds. The summed E-state index contributed by atoms with van der Waals surface area (Å²) in [5.41, 5.74) is 39.4. The SMILES string of the molecule is C1C2CC3C4C25C1C1C2C6C7C8C9C%10C%11C%12C%13C%14C%15CC%16CC%17C%18C%19C%16%15C%14%15C%19%14C%18%16C%17C%17C%18C%19C%20C%21C%22C%23C%24C%25CC3%26C43C15C21C62C74C85C96C%107C%118C%129C%13%15C%14%10C%17%16C%18%11C%19%12C%20%13C%21%14C%22%15C%23%16C%24%17C%25%26C31C%172C%164C%155C%146C%137C%128C%119%10. The summed E-state index contributed by atoms with van der Waals surface area (Å²) in [5, 5.41) is 0. The number of hydrogen-bond donors (Lipinski definition) is 0. The van der Waals surface area contributed by atoms with Gasteiger partial charge in [-0.15, -0.1) is 0 Å². The minimum Gasteiger partial charge on any atom is -0.0464 e. The summed E-state index contributed by atoms with van der Waals surface area (Å²) < 4.78 is 0. The minimum atomic E-state index is 1.06. The molecule has 0 aromatic carbocycles. The summed E-state index contributed by atoms with van der Waals surface area (Å²) in [6.45, 7) is 0. The molecule has 70 heavy (non-hydrogen) atoms. The highest BCUT2D eigenvalue weighted by Crippen LogP contribution is 3.73. The molecule has 0 saturated heterocycles. The molecule has 65 atom stereocenters. The summed E-state index contributed by atoms with van der Waals surface area (Å²) >= 11 is 0. The van der Waals surface area contributed by atoms with Crippen molar-refractivity contribution in [1.29, 1.82) is 0 Å². The molecule has 0 aromatic rings. The third-order valence-electron chi connectivity index (χ3n) is 61.8. The fourth-order valence-electron chi connectivity index (χ4n) is 79.4. The maximum absolute atomic E-state index is 1.95. The molecule has 51 saturated carbocycles. The van der Waals surface area contributed by atoms with Crippen LogP contribution in [0.4, 0.5) is 0 Å². The number of rotatable bonds is 0.